The van der Waals surface area contributed by atoms with E-state index >= 15 is 0 Å². The molecule has 0 saturated carbocycles. The van der Waals surface area contributed by atoms with Gasteiger partial charge in [-0.2, -0.15) is 14.4 Å². The molecule has 31 heavy (non-hydrogen) atoms. The summed E-state index contributed by atoms with van der Waals surface area (Å²) in [5, 5.41) is 8.90. The molecule has 3 aromatic heterocycles. The number of pyridine rings is 1. The van der Waals surface area contributed by atoms with Crippen LogP contribution in [-0.2, 0) is 13.0 Å². The number of carboxylic acids is 1. The van der Waals surface area contributed by atoms with Crippen molar-refractivity contribution in [2.75, 3.05) is 12.3 Å². The van der Waals surface area contributed by atoms with Crippen molar-refractivity contribution in [3.05, 3.63) is 70.1 Å². The number of hydrogen-bond donors (Lipinski definition) is 2. The number of nitrogens with two attached hydrogens (primary N) is 1. The summed E-state index contributed by atoms with van der Waals surface area (Å²) in [7, 11) is 0. The molecule has 4 aromatic rings. The zero-order valence-electron chi connectivity index (χ0n) is 16.0. The first-order valence-electron chi connectivity index (χ1n) is 9.15. The molecule has 0 atom stereocenters. The molecular weight excluding hydrogens is 471 g/mol. The number of carbonyl (C=O) groups is 1. The van der Waals surface area contributed by atoms with Crippen molar-refractivity contribution < 1.29 is 19.0 Å². The third kappa shape index (κ3) is 4.61. The van der Waals surface area contributed by atoms with Gasteiger partial charge in [0.1, 0.15) is 0 Å². The molecule has 4 rings (SSSR count). The Morgan fingerprint density at radius 1 is 1.19 bits per heavy atom. The lowest BCUT2D eigenvalue weighted by Crippen LogP contribution is -2.06. The molecule has 0 saturated heterocycles. The molecule has 158 valence electrons. The van der Waals surface area contributed by atoms with E-state index in [0.717, 1.165) is 11.1 Å². The van der Waals surface area contributed by atoms with Crippen molar-refractivity contribution in [2.45, 2.75) is 13.0 Å². The van der Waals surface area contributed by atoms with Crippen LogP contribution in [-0.4, -0.2) is 42.2 Å². The van der Waals surface area contributed by atoms with Crippen LogP contribution >= 0.6 is 15.9 Å². The Morgan fingerprint density at radius 2 is 2.00 bits per heavy atom. The summed E-state index contributed by atoms with van der Waals surface area (Å²) in [4.78, 5) is 26.4. The van der Waals surface area contributed by atoms with Gasteiger partial charge >= 0.3 is 12.0 Å². The van der Waals surface area contributed by atoms with Crippen molar-refractivity contribution >= 4 is 38.9 Å². The van der Waals surface area contributed by atoms with Crippen molar-refractivity contribution in [3.8, 4) is 5.88 Å². The normalized spacial score (nSPS) is 11.0. The molecule has 0 radical (unpaired) electrons. The summed E-state index contributed by atoms with van der Waals surface area (Å²) in [6, 6.07) is 10.8. The Labute approximate surface area is 183 Å². The van der Waals surface area contributed by atoms with Gasteiger partial charge in [-0.05, 0) is 33.1 Å². The van der Waals surface area contributed by atoms with Crippen molar-refractivity contribution in [1.29, 1.82) is 0 Å². The second-order valence-corrected chi connectivity index (χ2v) is 7.34. The fraction of sp³-hybridized carbons (Fsp3) is 0.150. The second kappa shape index (κ2) is 8.64. The third-order valence-electron chi connectivity index (χ3n) is 4.50. The molecule has 0 unspecified atom stereocenters. The van der Waals surface area contributed by atoms with E-state index in [0.29, 0.717) is 41.3 Å². The highest BCUT2D eigenvalue weighted by molar-refractivity contribution is 9.10. The van der Waals surface area contributed by atoms with Crippen LogP contribution in [0.15, 0.2) is 47.3 Å². The van der Waals surface area contributed by atoms with Crippen LogP contribution in [0.4, 0.5) is 10.2 Å². The van der Waals surface area contributed by atoms with Gasteiger partial charge in [0.15, 0.2) is 21.7 Å². The van der Waals surface area contributed by atoms with E-state index in [1.165, 1.54) is 18.3 Å². The van der Waals surface area contributed by atoms with E-state index in [4.69, 9.17) is 15.6 Å². The smallest absolute Gasteiger partial charge is 0.337 e. The second-order valence-electron chi connectivity index (χ2n) is 6.63. The van der Waals surface area contributed by atoms with Crippen LogP contribution in [0.25, 0.3) is 11.2 Å². The molecule has 0 bridgehead atoms. The average Bonchev–Trinajstić information content (AvgIpc) is 3.04. The summed E-state index contributed by atoms with van der Waals surface area (Å²) >= 11 is 3.37. The number of carboxylic acid groups (broad SMARTS) is 1. The molecule has 3 N–H and O–H groups in total. The quantitative estimate of drug-likeness (QED) is 0.301. The van der Waals surface area contributed by atoms with Gasteiger partial charge in [0.2, 0.25) is 5.88 Å². The number of benzene rings is 1. The fourth-order valence-electron chi connectivity index (χ4n) is 3.04. The molecule has 0 aliphatic heterocycles. The number of fused-ring (bicyclic) bond motifs is 1. The Bertz CT molecular complexity index is 1260. The first-order chi connectivity index (χ1) is 14.9. The highest BCUT2D eigenvalue weighted by Gasteiger charge is 2.15. The minimum Gasteiger partial charge on any atom is -0.478 e. The number of nitrogen functional groups attached to an aromatic ring is 1. The monoisotopic (exact) mass is 486 g/mol. The maximum atomic E-state index is 13.6. The van der Waals surface area contributed by atoms with E-state index in [-0.39, 0.29) is 11.4 Å². The highest BCUT2D eigenvalue weighted by atomic mass is 79.9. The first kappa shape index (κ1) is 20.7. The van der Waals surface area contributed by atoms with E-state index in [2.05, 4.69) is 35.9 Å². The number of anilines is 1. The summed E-state index contributed by atoms with van der Waals surface area (Å²) in [5.74, 6) is -0.697. The van der Waals surface area contributed by atoms with Crippen LogP contribution in [0, 0.1) is 6.08 Å². The molecule has 0 spiro atoms. The summed E-state index contributed by atoms with van der Waals surface area (Å²) in [6.07, 6.45) is 0.964. The van der Waals surface area contributed by atoms with E-state index in [1.807, 2.05) is 24.3 Å². The standard InChI is InChI=1S/C20H16BrFN6O3/c21-19-25-15-16(23)26-20(22)27-17(15)28(19)10-12-3-1-2-11(8-12)6-7-31-14-5-4-13(9-24-14)18(29)30/h1-5,8-9H,6-7,10H2,(H,29,30)(H2,23,26,27). The van der Waals surface area contributed by atoms with Gasteiger partial charge < -0.3 is 15.6 Å². The van der Waals surface area contributed by atoms with Gasteiger partial charge in [-0.25, -0.2) is 14.8 Å². The van der Waals surface area contributed by atoms with Gasteiger partial charge in [0.05, 0.1) is 18.7 Å². The summed E-state index contributed by atoms with van der Waals surface area (Å²) in [6.45, 7) is 0.773. The molecule has 0 aliphatic rings. The maximum absolute atomic E-state index is 13.6. The lowest BCUT2D eigenvalue weighted by Gasteiger charge is -2.09. The van der Waals surface area contributed by atoms with Gasteiger partial charge in [-0.1, -0.05) is 24.3 Å². The van der Waals surface area contributed by atoms with Crippen LogP contribution in [0.5, 0.6) is 5.88 Å². The number of imidazole rings is 1. The molecule has 0 amide bonds. The van der Waals surface area contributed by atoms with Gasteiger partial charge in [0.25, 0.3) is 0 Å². The SMILES string of the molecule is Nc1nc(F)nc2c1nc(Br)n2Cc1cccc(CCOc2ccc(C(=O)O)cn2)c1. The van der Waals surface area contributed by atoms with Crippen molar-refractivity contribution in [3.63, 3.8) is 0 Å². The van der Waals surface area contributed by atoms with Crippen molar-refractivity contribution in [1.82, 2.24) is 24.5 Å². The number of aromatic carboxylic acids is 1. The summed E-state index contributed by atoms with van der Waals surface area (Å²) in [5.41, 5.74) is 8.47. The highest BCUT2D eigenvalue weighted by Crippen LogP contribution is 2.23. The fourth-order valence-corrected chi connectivity index (χ4v) is 3.51. The van der Waals surface area contributed by atoms with Crippen molar-refractivity contribution in [2.24, 2.45) is 0 Å². The molecular formula is C20H16BrFN6O3. The Morgan fingerprint density at radius 3 is 2.74 bits per heavy atom. The lowest BCUT2D eigenvalue weighted by molar-refractivity contribution is 0.0696. The van der Waals surface area contributed by atoms with E-state index < -0.39 is 12.0 Å². The number of hydrogen-bond acceptors (Lipinski definition) is 7. The predicted octanol–water partition coefficient (Wildman–Crippen LogP) is 3.07. The number of ether oxygens (including phenoxy) is 1. The zero-order valence-corrected chi connectivity index (χ0v) is 17.6. The molecule has 3 heterocycles. The van der Waals surface area contributed by atoms with Crippen LogP contribution in [0.2, 0.25) is 0 Å². The van der Waals surface area contributed by atoms with Crippen LogP contribution < -0.4 is 10.5 Å². The molecule has 0 aliphatic carbocycles. The number of nitrogens with zero attached hydrogens (tertiary/aromatic N) is 5. The zero-order chi connectivity index (χ0) is 22.0. The molecule has 11 heteroatoms. The topological polar surface area (TPSA) is 129 Å². The first-order valence-corrected chi connectivity index (χ1v) is 9.94. The lowest BCUT2D eigenvalue weighted by atomic mass is 10.1. The Kier molecular flexibility index (Phi) is 5.76. The largest absolute Gasteiger partial charge is 0.478 e. The molecule has 1 aromatic carbocycles. The van der Waals surface area contributed by atoms with Crippen LogP contribution in [0.3, 0.4) is 0 Å². The maximum Gasteiger partial charge on any atom is 0.337 e. The van der Waals surface area contributed by atoms with Gasteiger partial charge in [-0.3, -0.25) is 4.57 Å². The van der Waals surface area contributed by atoms with Gasteiger partial charge in [-0.15, -0.1) is 0 Å². The van der Waals surface area contributed by atoms with E-state index in [1.54, 1.807) is 4.57 Å². The number of halogens is 2. The third-order valence-corrected chi connectivity index (χ3v) is 5.11. The van der Waals surface area contributed by atoms with E-state index in [9.17, 15) is 9.18 Å². The minimum absolute atomic E-state index is 0.0159. The Hall–Kier alpha value is -3.60. The number of aromatic nitrogens is 5. The van der Waals surface area contributed by atoms with Gasteiger partial charge in [0, 0.05) is 18.7 Å². The Balaban J connectivity index is 1.45. The molecule has 9 nitrogen and oxygen atoms in total. The molecule has 0 fully saturated rings. The predicted molar refractivity (Wildman–Crippen MR) is 113 cm³/mol. The summed E-state index contributed by atoms with van der Waals surface area (Å²) < 4.78 is 21.4. The minimum atomic E-state index is -1.04. The number of rotatable bonds is 7. The average molecular weight is 487 g/mol. The van der Waals surface area contributed by atoms with Crippen LogP contribution in [0.1, 0.15) is 21.5 Å².